The van der Waals surface area contributed by atoms with Gasteiger partial charge in [-0.1, -0.05) is 61.5 Å². The average Bonchev–Trinajstić information content (AvgIpc) is 3.02. The van der Waals surface area contributed by atoms with Crippen molar-refractivity contribution in [3.63, 3.8) is 0 Å². The summed E-state index contributed by atoms with van der Waals surface area (Å²) < 4.78 is 17.4. The smallest absolute Gasteiger partial charge is 0.254 e. The maximum Gasteiger partial charge on any atom is 0.254 e. The maximum atomic E-state index is 13.9. The van der Waals surface area contributed by atoms with Crippen LogP contribution < -0.4 is 14.2 Å². The minimum Gasteiger partial charge on any atom is -0.493 e. The normalized spacial score (nSPS) is 14.3. The summed E-state index contributed by atoms with van der Waals surface area (Å²) in [5.41, 5.74) is 4.98. The molecule has 0 aliphatic carbocycles. The number of carbonyl (C=O) groups is 2. The zero-order chi connectivity index (χ0) is 28.1. The van der Waals surface area contributed by atoms with E-state index in [9.17, 15) is 9.59 Å². The lowest BCUT2D eigenvalue weighted by Gasteiger charge is -2.37. The monoisotopic (exact) mass is 535 g/mol. The van der Waals surface area contributed by atoms with E-state index in [-0.39, 0.29) is 24.3 Å². The number of carbonyl (C=O) groups excluding carboxylic acids is 2. The van der Waals surface area contributed by atoms with Crippen molar-refractivity contribution >= 4 is 11.7 Å². The predicted molar refractivity (Wildman–Crippen MR) is 155 cm³/mol. The highest BCUT2D eigenvalue weighted by Crippen LogP contribution is 2.39. The molecule has 4 aromatic carbocycles. The summed E-state index contributed by atoms with van der Waals surface area (Å²) in [6, 6.07) is 27.6. The molecular formula is C34H33NO5. The standard InChI is InChI=1S/C34H33NO5/c1-4-23-10-16-28(17-11-23)40-22-30-29-21-32(39-3)31(38-2)20-27(29)18-19-35(30)34(37)26-14-12-25(13-15-26)33(36)24-8-6-5-7-9-24/h5-17,20-21,30H,4,18-19,22H2,1-3H3. The molecule has 4 aromatic rings. The second-order valence-electron chi connectivity index (χ2n) is 9.75. The quantitative estimate of drug-likeness (QED) is 0.235. The number of methoxy groups -OCH3 is 2. The number of fused-ring (bicyclic) bond motifs is 1. The Hall–Kier alpha value is -4.58. The van der Waals surface area contributed by atoms with Gasteiger partial charge >= 0.3 is 0 Å². The van der Waals surface area contributed by atoms with E-state index >= 15 is 0 Å². The molecule has 0 aromatic heterocycles. The van der Waals surface area contributed by atoms with Gasteiger partial charge in [0.25, 0.3) is 5.91 Å². The first-order chi connectivity index (χ1) is 19.5. The molecule has 40 heavy (non-hydrogen) atoms. The van der Waals surface area contributed by atoms with Gasteiger partial charge in [-0.05, 0) is 65.9 Å². The summed E-state index contributed by atoms with van der Waals surface area (Å²) in [6.07, 6.45) is 1.63. The molecule has 0 spiro atoms. The molecule has 0 saturated carbocycles. The molecule has 0 N–H and O–H groups in total. The Bertz CT molecular complexity index is 1480. The first-order valence-electron chi connectivity index (χ1n) is 13.5. The summed E-state index contributed by atoms with van der Waals surface area (Å²) in [5, 5.41) is 0. The van der Waals surface area contributed by atoms with Crippen molar-refractivity contribution < 1.29 is 23.8 Å². The van der Waals surface area contributed by atoms with Crippen LogP contribution >= 0.6 is 0 Å². The summed E-state index contributed by atoms with van der Waals surface area (Å²) >= 11 is 0. The van der Waals surface area contributed by atoms with Gasteiger partial charge in [0, 0.05) is 23.2 Å². The van der Waals surface area contributed by atoms with E-state index in [0.717, 1.165) is 23.3 Å². The molecule has 1 amide bonds. The number of benzene rings is 4. The van der Waals surface area contributed by atoms with Crippen molar-refractivity contribution in [2.24, 2.45) is 0 Å². The van der Waals surface area contributed by atoms with Crippen LogP contribution in [0.1, 0.15) is 55.9 Å². The van der Waals surface area contributed by atoms with E-state index in [2.05, 4.69) is 19.1 Å². The number of ketones is 1. The first-order valence-corrected chi connectivity index (χ1v) is 13.5. The van der Waals surface area contributed by atoms with Gasteiger partial charge in [-0.2, -0.15) is 0 Å². The van der Waals surface area contributed by atoms with Gasteiger partial charge in [0.15, 0.2) is 17.3 Å². The Morgan fingerprint density at radius 1 is 0.800 bits per heavy atom. The first kappa shape index (κ1) is 27.0. The van der Waals surface area contributed by atoms with Gasteiger partial charge in [0.2, 0.25) is 0 Å². The van der Waals surface area contributed by atoms with Gasteiger partial charge in [-0.15, -0.1) is 0 Å². The second-order valence-corrected chi connectivity index (χ2v) is 9.75. The number of rotatable bonds is 9. The third-order valence-electron chi connectivity index (χ3n) is 7.43. The summed E-state index contributed by atoms with van der Waals surface area (Å²) in [6.45, 7) is 2.92. The molecule has 1 aliphatic heterocycles. The number of aryl methyl sites for hydroxylation is 1. The van der Waals surface area contributed by atoms with Crippen molar-refractivity contribution in [3.8, 4) is 17.2 Å². The maximum absolute atomic E-state index is 13.9. The molecule has 1 aliphatic rings. The van der Waals surface area contributed by atoms with Crippen LogP contribution in [-0.2, 0) is 12.8 Å². The van der Waals surface area contributed by atoms with Crippen LogP contribution in [0.4, 0.5) is 0 Å². The van der Waals surface area contributed by atoms with Crippen LogP contribution in [0.2, 0.25) is 0 Å². The number of hydrogen-bond acceptors (Lipinski definition) is 5. The molecule has 5 rings (SSSR count). The fourth-order valence-electron chi connectivity index (χ4n) is 5.13. The highest BCUT2D eigenvalue weighted by atomic mass is 16.5. The number of nitrogens with zero attached hydrogens (tertiary/aromatic N) is 1. The molecule has 0 fully saturated rings. The lowest BCUT2D eigenvalue weighted by molar-refractivity contribution is 0.0589. The average molecular weight is 536 g/mol. The third-order valence-corrected chi connectivity index (χ3v) is 7.43. The van der Waals surface area contributed by atoms with Gasteiger partial charge in [0.1, 0.15) is 12.4 Å². The van der Waals surface area contributed by atoms with Crippen molar-refractivity contribution in [3.05, 3.63) is 124 Å². The van der Waals surface area contributed by atoms with Crippen molar-refractivity contribution in [1.82, 2.24) is 4.90 Å². The van der Waals surface area contributed by atoms with Gasteiger partial charge in [-0.3, -0.25) is 9.59 Å². The second kappa shape index (κ2) is 12.1. The van der Waals surface area contributed by atoms with Crippen molar-refractivity contribution in [2.45, 2.75) is 25.8 Å². The lowest BCUT2D eigenvalue weighted by Crippen LogP contribution is -2.42. The summed E-state index contributed by atoms with van der Waals surface area (Å²) in [5.74, 6) is 1.83. The van der Waals surface area contributed by atoms with Crippen LogP contribution in [0.5, 0.6) is 17.2 Å². The van der Waals surface area contributed by atoms with Crippen LogP contribution in [0.15, 0.2) is 91.0 Å². The molecule has 1 unspecified atom stereocenters. The fraction of sp³-hybridized carbons (Fsp3) is 0.235. The lowest BCUT2D eigenvalue weighted by atomic mass is 9.91. The van der Waals surface area contributed by atoms with Crippen LogP contribution in [0.3, 0.4) is 0 Å². The molecule has 204 valence electrons. The Kier molecular flexibility index (Phi) is 8.15. The van der Waals surface area contributed by atoms with Crippen LogP contribution in [-0.4, -0.2) is 44.0 Å². The van der Waals surface area contributed by atoms with E-state index in [1.165, 1.54) is 5.56 Å². The highest BCUT2D eigenvalue weighted by molar-refractivity contribution is 6.09. The SMILES string of the molecule is CCc1ccc(OCC2c3cc(OC)c(OC)cc3CCN2C(=O)c2ccc(C(=O)c3ccccc3)cc2)cc1. The molecule has 1 atom stereocenters. The highest BCUT2D eigenvalue weighted by Gasteiger charge is 2.33. The minimum atomic E-state index is -0.340. The molecule has 6 nitrogen and oxygen atoms in total. The summed E-state index contributed by atoms with van der Waals surface area (Å²) in [7, 11) is 3.23. The Morgan fingerprint density at radius 3 is 2.08 bits per heavy atom. The van der Waals surface area contributed by atoms with E-state index in [1.807, 2.05) is 47.4 Å². The molecule has 0 bridgehead atoms. The van der Waals surface area contributed by atoms with Gasteiger partial charge in [-0.25, -0.2) is 0 Å². The molecule has 0 saturated heterocycles. The van der Waals surface area contributed by atoms with Crippen LogP contribution in [0, 0.1) is 0 Å². The van der Waals surface area contributed by atoms with E-state index in [1.54, 1.807) is 50.6 Å². The van der Waals surface area contributed by atoms with E-state index in [4.69, 9.17) is 14.2 Å². The fourth-order valence-corrected chi connectivity index (χ4v) is 5.13. The Labute approximate surface area is 235 Å². The van der Waals surface area contributed by atoms with Crippen LogP contribution in [0.25, 0.3) is 0 Å². The largest absolute Gasteiger partial charge is 0.493 e. The minimum absolute atomic E-state index is 0.0760. The van der Waals surface area contributed by atoms with Crippen molar-refractivity contribution in [2.75, 3.05) is 27.4 Å². The van der Waals surface area contributed by atoms with Gasteiger partial charge in [0.05, 0.1) is 20.3 Å². The topological polar surface area (TPSA) is 65.1 Å². The third kappa shape index (κ3) is 5.57. The van der Waals surface area contributed by atoms with E-state index < -0.39 is 0 Å². The number of ether oxygens (including phenoxy) is 3. The Balaban J connectivity index is 1.43. The molecular weight excluding hydrogens is 502 g/mol. The Morgan fingerprint density at radius 2 is 1.43 bits per heavy atom. The predicted octanol–water partition coefficient (Wildman–Crippen LogP) is 6.32. The van der Waals surface area contributed by atoms with E-state index in [0.29, 0.717) is 41.2 Å². The summed E-state index contributed by atoms with van der Waals surface area (Å²) in [4.78, 5) is 28.6. The molecule has 1 heterocycles. The molecule has 0 radical (unpaired) electrons. The zero-order valence-electron chi connectivity index (χ0n) is 23.1. The number of amides is 1. The van der Waals surface area contributed by atoms with Gasteiger partial charge < -0.3 is 19.1 Å². The molecule has 6 heteroatoms. The number of hydrogen-bond donors (Lipinski definition) is 0. The van der Waals surface area contributed by atoms with Crippen molar-refractivity contribution in [1.29, 1.82) is 0 Å². The zero-order valence-corrected chi connectivity index (χ0v) is 23.1.